The van der Waals surface area contributed by atoms with E-state index >= 15 is 0 Å². The van der Waals surface area contributed by atoms with Crippen molar-refractivity contribution in [1.82, 2.24) is 9.62 Å². The number of hydrogen-bond acceptors (Lipinski definition) is 3. The van der Waals surface area contributed by atoms with Gasteiger partial charge in [-0.15, -0.1) is 0 Å². The molecule has 1 aromatic rings. The number of nitrogens with one attached hydrogen (secondary N) is 1. The van der Waals surface area contributed by atoms with Gasteiger partial charge >= 0.3 is 0 Å². The largest absolute Gasteiger partial charge is 0.310 e. The highest BCUT2D eigenvalue weighted by Crippen LogP contribution is 2.28. The third-order valence-electron chi connectivity index (χ3n) is 3.96. The molecule has 20 heavy (non-hydrogen) atoms. The van der Waals surface area contributed by atoms with E-state index in [1.54, 1.807) is 4.31 Å². The van der Waals surface area contributed by atoms with Gasteiger partial charge in [-0.1, -0.05) is 23.2 Å². The molecule has 0 radical (unpaired) electrons. The maximum absolute atomic E-state index is 12.7. The molecule has 2 bridgehead atoms. The van der Waals surface area contributed by atoms with Crippen molar-refractivity contribution in [2.45, 2.75) is 36.2 Å². The standard InChI is InChI=1S/C13H16Cl2N2O2S/c14-9-5-10(15)7-13(6-9)20(18,19)17-4-3-11-1-2-12(8-17)16-11/h5-7,11-12,16H,1-4,8H2. The Bertz CT molecular complexity index is 601. The molecule has 0 amide bonds. The van der Waals surface area contributed by atoms with Gasteiger partial charge in [-0.05, 0) is 37.5 Å². The lowest BCUT2D eigenvalue weighted by molar-refractivity contribution is 0.383. The maximum Gasteiger partial charge on any atom is 0.243 e. The van der Waals surface area contributed by atoms with Gasteiger partial charge in [0, 0.05) is 35.2 Å². The number of benzene rings is 1. The summed E-state index contributed by atoms with van der Waals surface area (Å²) in [4.78, 5) is 0.174. The van der Waals surface area contributed by atoms with Gasteiger partial charge in [0.2, 0.25) is 10.0 Å². The highest BCUT2D eigenvalue weighted by atomic mass is 35.5. The highest BCUT2D eigenvalue weighted by molar-refractivity contribution is 7.89. The van der Waals surface area contributed by atoms with Crippen LogP contribution in [0.15, 0.2) is 23.1 Å². The van der Waals surface area contributed by atoms with Crippen molar-refractivity contribution in [2.75, 3.05) is 13.1 Å². The van der Waals surface area contributed by atoms with Gasteiger partial charge in [0.05, 0.1) is 4.90 Å². The van der Waals surface area contributed by atoms with E-state index in [1.807, 2.05) is 0 Å². The van der Waals surface area contributed by atoms with Crippen LogP contribution in [0.5, 0.6) is 0 Å². The average Bonchev–Trinajstić information content (AvgIpc) is 2.67. The first-order valence-corrected chi connectivity index (χ1v) is 8.87. The molecule has 1 aromatic carbocycles. The maximum atomic E-state index is 12.7. The predicted molar refractivity (Wildman–Crippen MR) is 79.8 cm³/mol. The van der Waals surface area contributed by atoms with E-state index in [9.17, 15) is 8.42 Å². The predicted octanol–water partition coefficient (Wildman–Crippen LogP) is 2.51. The van der Waals surface area contributed by atoms with Crippen LogP contribution < -0.4 is 5.32 Å². The molecule has 0 spiro atoms. The van der Waals surface area contributed by atoms with E-state index in [-0.39, 0.29) is 10.9 Å². The van der Waals surface area contributed by atoms with Crippen LogP contribution >= 0.6 is 23.2 Å². The van der Waals surface area contributed by atoms with Crippen molar-refractivity contribution >= 4 is 33.2 Å². The fraction of sp³-hybridized carbons (Fsp3) is 0.538. The van der Waals surface area contributed by atoms with Crippen LogP contribution in [0.4, 0.5) is 0 Å². The first kappa shape index (κ1) is 14.6. The Balaban J connectivity index is 1.91. The smallest absolute Gasteiger partial charge is 0.243 e. The van der Waals surface area contributed by atoms with Crippen molar-refractivity contribution < 1.29 is 8.42 Å². The van der Waals surface area contributed by atoms with Crippen LogP contribution in [0, 0.1) is 0 Å². The molecule has 0 aliphatic carbocycles. The minimum atomic E-state index is -3.53. The Kier molecular flexibility index (Phi) is 3.99. The van der Waals surface area contributed by atoms with Gasteiger partial charge in [0.15, 0.2) is 0 Å². The van der Waals surface area contributed by atoms with Gasteiger partial charge in [-0.3, -0.25) is 0 Å². The van der Waals surface area contributed by atoms with Gasteiger partial charge in [-0.25, -0.2) is 8.42 Å². The average molecular weight is 335 g/mol. The van der Waals surface area contributed by atoms with Crippen LogP contribution in [0.2, 0.25) is 10.0 Å². The Morgan fingerprint density at radius 2 is 1.70 bits per heavy atom. The Morgan fingerprint density at radius 1 is 1.05 bits per heavy atom. The molecule has 7 heteroatoms. The molecule has 1 N–H and O–H groups in total. The lowest BCUT2D eigenvalue weighted by Gasteiger charge is -2.23. The second-order valence-electron chi connectivity index (χ2n) is 5.39. The van der Waals surface area contributed by atoms with E-state index in [0.29, 0.717) is 29.2 Å². The molecule has 2 aliphatic rings. The lowest BCUT2D eigenvalue weighted by atomic mass is 10.1. The van der Waals surface area contributed by atoms with Gasteiger partial charge in [0.25, 0.3) is 0 Å². The Labute approximate surface area is 129 Å². The van der Waals surface area contributed by atoms with Crippen molar-refractivity contribution in [1.29, 1.82) is 0 Å². The summed E-state index contributed by atoms with van der Waals surface area (Å²) in [6, 6.07) is 5.15. The molecular weight excluding hydrogens is 319 g/mol. The molecule has 110 valence electrons. The third kappa shape index (κ3) is 2.83. The molecular formula is C13H16Cl2N2O2S. The minimum Gasteiger partial charge on any atom is -0.310 e. The number of rotatable bonds is 2. The summed E-state index contributed by atoms with van der Waals surface area (Å²) in [7, 11) is -3.53. The molecule has 2 saturated heterocycles. The zero-order chi connectivity index (χ0) is 14.3. The van der Waals surface area contributed by atoms with E-state index in [1.165, 1.54) is 18.2 Å². The lowest BCUT2D eigenvalue weighted by Crippen LogP contribution is -2.39. The van der Waals surface area contributed by atoms with Crippen LogP contribution in [0.1, 0.15) is 19.3 Å². The molecule has 3 rings (SSSR count). The molecule has 4 nitrogen and oxygen atoms in total. The number of fused-ring (bicyclic) bond motifs is 2. The van der Waals surface area contributed by atoms with Gasteiger partial charge in [-0.2, -0.15) is 4.31 Å². The van der Waals surface area contributed by atoms with Crippen LogP contribution in [0.25, 0.3) is 0 Å². The molecule has 0 aromatic heterocycles. The summed E-state index contributed by atoms with van der Waals surface area (Å²) in [6.45, 7) is 1.06. The molecule has 2 unspecified atom stereocenters. The summed E-state index contributed by atoms with van der Waals surface area (Å²) >= 11 is 11.8. The van der Waals surface area contributed by atoms with Crippen LogP contribution in [-0.2, 0) is 10.0 Å². The zero-order valence-corrected chi connectivity index (χ0v) is 13.2. The Hall–Kier alpha value is -0.330. The number of sulfonamides is 1. The molecule has 2 heterocycles. The van der Waals surface area contributed by atoms with Crippen molar-refractivity contribution in [2.24, 2.45) is 0 Å². The molecule has 2 atom stereocenters. The number of halogens is 2. The molecule has 0 saturated carbocycles. The summed E-state index contributed by atoms with van der Waals surface area (Å²) in [6.07, 6.45) is 3.03. The number of nitrogens with zero attached hydrogens (tertiary/aromatic N) is 1. The summed E-state index contributed by atoms with van der Waals surface area (Å²) in [5.41, 5.74) is 0. The van der Waals surface area contributed by atoms with Crippen LogP contribution in [0.3, 0.4) is 0 Å². The Morgan fingerprint density at radius 3 is 2.40 bits per heavy atom. The minimum absolute atomic E-state index is 0.174. The fourth-order valence-corrected chi connectivity index (χ4v) is 5.18. The SMILES string of the molecule is O=S(=O)(c1cc(Cl)cc(Cl)c1)N1CCC2CCC(C1)N2. The molecule has 2 aliphatic heterocycles. The quantitative estimate of drug-likeness (QED) is 0.903. The fourth-order valence-electron chi connectivity index (χ4n) is 2.96. The van der Waals surface area contributed by atoms with E-state index < -0.39 is 10.0 Å². The monoisotopic (exact) mass is 334 g/mol. The topological polar surface area (TPSA) is 49.4 Å². The summed E-state index contributed by atoms with van der Waals surface area (Å²) < 4.78 is 27.0. The van der Waals surface area contributed by atoms with Crippen molar-refractivity contribution in [3.05, 3.63) is 28.2 Å². The first-order valence-electron chi connectivity index (χ1n) is 6.67. The highest BCUT2D eigenvalue weighted by Gasteiger charge is 2.35. The van der Waals surface area contributed by atoms with Gasteiger partial charge < -0.3 is 5.32 Å². The number of hydrogen-bond donors (Lipinski definition) is 1. The van der Waals surface area contributed by atoms with E-state index in [2.05, 4.69) is 5.32 Å². The third-order valence-corrected chi connectivity index (χ3v) is 6.24. The summed E-state index contributed by atoms with van der Waals surface area (Å²) in [5, 5.41) is 4.15. The van der Waals surface area contributed by atoms with Crippen molar-refractivity contribution in [3.8, 4) is 0 Å². The van der Waals surface area contributed by atoms with Gasteiger partial charge in [0.1, 0.15) is 0 Å². The second kappa shape index (κ2) is 5.46. The van der Waals surface area contributed by atoms with Crippen molar-refractivity contribution in [3.63, 3.8) is 0 Å². The normalized spacial score (nSPS) is 27.5. The van der Waals surface area contributed by atoms with Crippen LogP contribution in [-0.4, -0.2) is 37.9 Å². The van der Waals surface area contributed by atoms with E-state index in [0.717, 1.165) is 19.3 Å². The first-order chi connectivity index (χ1) is 9.45. The second-order valence-corrected chi connectivity index (χ2v) is 8.21. The van der Waals surface area contributed by atoms with E-state index in [4.69, 9.17) is 23.2 Å². The molecule has 2 fully saturated rings. The summed E-state index contributed by atoms with van der Waals surface area (Å²) in [5.74, 6) is 0. The zero-order valence-electron chi connectivity index (χ0n) is 10.9.